The largest absolute Gasteiger partial charge is 0.342 e. The Labute approximate surface area is 100 Å². The van der Waals surface area contributed by atoms with Gasteiger partial charge in [-0.1, -0.05) is 0 Å². The maximum atomic E-state index is 11.9. The van der Waals surface area contributed by atoms with Gasteiger partial charge in [-0.15, -0.1) is 0 Å². The SMILES string of the molecule is NCC1CCC(C(=O)N[C@@H]2CONC2=O)CC1. The maximum absolute atomic E-state index is 11.9. The van der Waals surface area contributed by atoms with Gasteiger partial charge in [0.1, 0.15) is 12.6 Å². The highest BCUT2D eigenvalue weighted by atomic mass is 16.7. The predicted molar refractivity (Wildman–Crippen MR) is 60.5 cm³/mol. The molecule has 1 heterocycles. The van der Waals surface area contributed by atoms with E-state index in [1.807, 2.05) is 0 Å². The number of hydrogen-bond acceptors (Lipinski definition) is 4. The standard InChI is InChI=1S/C11H19N3O3/c12-5-7-1-3-8(4-2-7)10(15)13-9-6-17-14-11(9)16/h7-9H,1-6,12H2,(H,13,15)(H,14,16)/t7?,8?,9-/m1/s1. The maximum Gasteiger partial charge on any atom is 0.268 e. The molecule has 0 unspecified atom stereocenters. The summed E-state index contributed by atoms with van der Waals surface area (Å²) in [6.07, 6.45) is 3.73. The molecule has 6 heteroatoms. The third-order valence-corrected chi connectivity index (χ3v) is 3.61. The Hall–Kier alpha value is -1.14. The Morgan fingerprint density at radius 2 is 2.12 bits per heavy atom. The normalized spacial score (nSPS) is 33.2. The van der Waals surface area contributed by atoms with Crippen LogP contribution in [-0.2, 0) is 14.4 Å². The molecule has 2 rings (SSSR count). The third kappa shape index (κ3) is 2.95. The van der Waals surface area contributed by atoms with Crippen LogP contribution in [0.25, 0.3) is 0 Å². The number of hydrogen-bond donors (Lipinski definition) is 3. The van der Waals surface area contributed by atoms with Gasteiger partial charge in [0.05, 0.1) is 0 Å². The zero-order valence-corrected chi connectivity index (χ0v) is 9.78. The summed E-state index contributed by atoms with van der Waals surface area (Å²) in [5, 5.41) is 2.72. The fourth-order valence-corrected chi connectivity index (χ4v) is 2.40. The summed E-state index contributed by atoms with van der Waals surface area (Å²) in [6.45, 7) is 0.913. The summed E-state index contributed by atoms with van der Waals surface area (Å²) in [7, 11) is 0. The molecule has 2 amide bonds. The first kappa shape index (κ1) is 12.3. The van der Waals surface area contributed by atoms with E-state index < -0.39 is 6.04 Å². The fourth-order valence-electron chi connectivity index (χ4n) is 2.40. The van der Waals surface area contributed by atoms with Gasteiger partial charge in [-0.25, -0.2) is 5.48 Å². The van der Waals surface area contributed by atoms with Crippen molar-refractivity contribution in [1.29, 1.82) is 0 Å². The Kier molecular flexibility index (Phi) is 3.96. The van der Waals surface area contributed by atoms with Gasteiger partial charge in [-0.2, -0.15) is 0 Å². The third-order valence-electron chi connectivity index (χ3n) is 3.61. The van der Waals surface area contributed by atoms with Gasteiger partial charge in [0.25, 0.3) is 5.91 Å². The predicted octanol–water partition coefficient (Wildman–Crippen LogP) is -0.702. The molecular formula is C11H19N3O3. The summed E-state index contributed by atoms with van der Waals surface area (Å²) in [5.74, 6) is 0.267. The smallest absolute Gasteiger partial charge is 0.268 e. The van der Waals surface area contributed by atoms with Crippen LogP contribution in [0, 0.1) is 11.8 Å². The van der Waals surface area contributed by atoms with Crippen molar-refractivity contribution in [3.8, 4) is 0 Å². The highest BCUT2D eigenvalue weighted by Crippen LogP contribution is 2.28. The summed E-state index contributed by atoms with van der Waals surface area (Å²) in [6, 6.07) is -0.533. The molecule has 0 spiro atoms. The molecule has 2 fully saturated rings. The Balaban J connectivity index is 1.78. The van der Waals surface area contributed by atoms with Crippen molar-refractivity contribution in [2.75, 3.05) is 13.2 Å². The molecule has 6 nitrogen and oxygen atoms in total. The van der Waals surface area contributed by atoms with E-state index in [2.05, 4.69) is 10.8 Å². The minimum Gasteiger partial charge on any atom is -0.342 e. The van der Waals surface area contributed by atoms with Crippen molar-refractivity contribution in [3.63, 3.8) is 0 Å². The molecule has 0 aromatic rings. The van der Waals surface area contributed by atoms with Crippen molar-refractivity contribution in [1.82, 2.24) is 10.8 Å². The lowest BCUT2D eigenvalue weighted by atomic mass is 9.81. The van der Waals surface area contributed by atoms with Crippen LogP contribution in [0.5, 0.6) is 0 Å². The molecule has 4 N–H and O–H groups in total. The second-order valence-electron chi connectivity index (χ2n) is 4.79. The number of carbonyl (C=O) groups is 2. The summed E-state index contributed by atoms with van der Waals surface area (Å²) in [4.78, 5) is 27.9. The van der Waals surface area contributed by atoms with E-state index in [0.717, 1.165) is 25.7 Å². The van der Waals surface area contributed by atoms with E-state index in [4.69, 9.17) is 10.6 Å². The fraction of sp³-hybridized carbons (Fsp3) is 0.818. The molecule has 1 saturated carbocycles. The Morgan fingerprint density at radius 1 is 1.41 bits per heavy atom. The van der Waals surface area contributed by atoms with Gasteiger partial charge in [-0.05, 0) is 38.1 Å². The van der Waals surface area contributed by atoms with Crippen LogP contribution in [0.1, 0.15) is 25.7 Å². The number of rotatable bonds is 3. The van der Waals surface area contributed by atoms with Gasteiger partial charge in [0.2, 0.25) is 5.91 Å². The number of carbonyl (C=O) groups excluding carboxylic acids is 2. The molecule has 1 aliphatic heterocycles. The summed E-state index contributed by atoms with van der Waals surface area (Å²) in [5.41, 5.74) is 7.83. The van der Waals surface area contributed by atoms with Gasteiger partial charge >= 0.3 is 0 Å². The molecule has 0 aromatic heterocycles. The molecule has 0 bridgehead atoms. The first-order chi connectivity index (χ1) is 8.20. The molecule has 0 aromatic carbocycles. The number of amides is 2. The van der Waals surface area contributed by atoms with Crippen LogP contribution >= 0.6 is 0 Å². The van der Waals surface area contributed by atoms with Crippen molar-refractivity contribution < 1.29 is 14.4 Å². The van der Waals surface area contributed by atoms with Crippen LogP contribution in [-0.4, -0.2) is 31.0 Å². The van der Waals surface area contributed by atoms with Crippen molar-refractivity contribution in [3.05, 3.63) is 0 Å². The van der Waals surface area contributed by atoms with Gasteiger partial charge in [-0.3, -0.25) is 14.4 Å². The zero-order chi connectivity index (χ0) is 12.3. The van der Waals surface area contributed by atoms with Crippen molar-refractivity contribution >= 4 is 11.8 Å². The summed E-state index contributed by atoms with van der Waals surface area (Å²) >= 11 is 0. The second kappa shape index (κ2) is 5.46. The lowest BCUT2D eigenvalue weighted by molar-refractivity contribution is -0.131. The number of hydroxylamine groups is 1. The van der Waals surface area contributed by atoms with E-state index in [9.17, 15) is 9.59 Å². The topological polar surface area (TPSA) is 93.5 Å². The number of nitrogens with one attached hydrogen (secondary N) is 2. The van der Waals surface area contributed by atoms with E-state index in [1.165, 1.54) is 0 Å². The molecule has 0 radical (unpaired) electrons. The molecule has 1 saturated heterocycles. The minimum absolute atomic E-state index is 0.0196. The van der Waals surface area contributed by atoms with E-state index in [-0.39, 0.29) is 24.3 Å². The van der Waals surface area contributed by atoms with E-state index >= 15 is 0 Å². The molecular weight excluding hydrogens is 222 g/mol. The quantitative estimate of drug-likeness (QED) is 0.609. The van der Waals surface area contributed by atoms with Crippen molar-refractivity contribution in [2.45, 2.75) is 31.7 Å². The van der Waals surface area contributed by atoms with Crippen LogP contribution in [0.4, 0.5) is 0 Å². The second-order valence-corrected chi connectivity index (χ2v) is 4.79. The van der Waals surface area contributed by atoms with E-state index in [1.54, 1.807) is 0 Å². The van der Waals surface area contributed by atoms with Gasteiger partial charge in [0, 0.05) is 5.92 Å². The molecule has 1 aliphatic carbocycles. The van der Waals surface area contributed by atoms with Crippen LogP contribution in [0.15, 0.2) is 0 Å². The molecule has 2 aliphatic rings. The average Bonchev–Trinajstić information content (AvgIpc) is 2.75. The average molecular weight is 241 g/mol. The molecule has 1 atom stereocenters. The van der Waals surface area contributed by atoms with Crippen LogP contribution in [0.2, 0.25) is 0 Å². The lowest BCUT2D eigenvalue weighted by Crippen LogP contribution is -2.45. The van der Waals surface area contributed by atoms with Crippen molar-refractivity contribution in [2.24, 2.45) is 17.6 Å². The number of nitrogens with two attached hydrogens (primary N) is 1. The summed E-state index contributed by atoms with van der Waals surface area (Å²) < 4.78 is 0. The Morgan fingerprint density at radius 3 is 2.65 bits per heavy atom. The van der Waals surface area contributed by atoms with Crippen LogP contribution < -0.4 is 16.5 Å². The zero-order valence-electron chi connectivity index (χ0n) is 9.78. The lowest BCUT2D eigenvalue weighted by Gasteiger charge is -2.27. The minimum atomic E-state index is -0.533. The van der Waals surface area contributed by atoms with Crippen LogP contribution in [0.3, 0.4) is 0 Å². The van der Waals surface area contributed by atoms with E-state index in [0.29, 0.717) is 12.5 Å². The first-order valence-corrected chi connectivity index (χ1v) is 6.12. The first-order valence-electron chi connectivity index (χ1n) is 6.12. The van der Waals surface area contributed by atoms with Gasteiger partial charge in [0.15, 0.2) is 0 Å². The highest BCUT2D eigenvalue weighted by Gasteiger charge is 2.31. The molecule has 17 heavy (non-hydrogen) atoms. The monoisotopic (exact) mass is 241 g/mol. The van der Waals surface area contributed by atoms with Gasteiger partial charge < -0.3 is 11.1 Å². The Bertz CT molecular complexity index is 300. The molecule has 96 valence electrons. The highest BCUT2D eigenvalue weighted by molar-refractivity contribution is 5.88.